The summed E-state index contributed by atoms with van der Waals surface area (Å²) in [6, 6.07) is 3.53. The molecule has 1 aromatic heterocycles. The second-order valence-electron chi connectivity index (χ2n) is 5.36. The van der Waals surface area contributed by atoms with E-state index in [1.54, 1.807) is 0 Å². The molecule has 8 nitrogen and oxygen atoms in total. The normalized spacial score (nSPS) is 10.7. The molecule has 0 unspecified atom stereocenters. The Labute approximate surface area is 147 Å². The molecule has 3 N–H and O–H groups in total. The Bertz CT molecular complexity index is 1050. The summed E-state index contributed by atoms with van der Waals surface area (Å²) in [5.41, 5.74) is -0.355. The molecule has 0 spiro atoms. The van der Waals surface area contributed by atoms with Crippen molar-refractivity contribution in [3.63, 3.8) is 0 Å². The second-order valence-corrected chi connectivity index (χ2v) is 5.36. The molecule has 0 aliphatic carbocycles. The van der Waals surface area contributed by atoms with Crippen LogP contribution < -0.4 is 19.6 Å². The lowest BCUT2D eigenvalue weighted by Gasteiger charge is -2.17. The number of rotatable bonds is 4. The summed E-state index contributed by atoms with van der Waals surface area (Å²) in [6.07, 6.45) is 1.15. The highest BCUT2D eigenvalue weighted by molar-refractivity contribution is 5.91. The van der Waals surface area contributed by atoms with E-state index >= 15 is 0 Å². The first-order chi connectivity index (χ1) is 12.4. The van der Waals surface area contributed by atoms with E-state index in [0.29, 0.717) is 0 Å². The predicted molar refractivity (Wildman–Crippen MR) is 92.6 cm³/mol. The summed E-state index contributed by atoms with van der Waals surface area (Å²) in [5, 5.41) is 29.6. The summed E-state index contributed by atoms with van der Waals surface area (Å²) < 4.78 is 21.1. The Morgan fingerprint density at radius 3 is 2.19 bits per heavy atom. The summed E-state index contributed by atoms with van der Waals surface area (Å²) in [7, 11) is 4.05. The Hall–Kier alpha value is -3.55. The molecule has 136 valence electrons. The summed E-state index contributed by atoms with van der Waals surface area (Å²) >= 11 is 0. The number of phenolic OH excluding ortho intramolecular Hbond substituents is 3. The van der Waals surface area contributed by atoms with Crippen LogP contribution in [0, 0.1) is 0 Å². The van der Waals surface area contributed by atoms with Crippen LogP contribution in [-0.2, 0) is 0 Å². The standard InChI is InChI=1S/C18H16O8/c1-23-12-6-11(21)17(24-2)18(25-3)14(12)9-7-26-13-5-8(19)4-10(20)15(13)16(9)22/h4-7,19-21H,1-3H3. The van der Waals surface area contributed by atoms with Gasteiger partial charge in [-0.1, -0.05) is 0 Å². The van der Waals surface area contributed by atoms with Crippen molar-refractivity contribution < 1.29 is 33.9 Å². The van der Waals surface area contributed by atoms with Crippen LogP contribution in [0.5, 0.6) is 34.5 Å². The molecule has 3 aromatic rings. The molecule has 0 bridgehead atoms. The van der Waals surface area contributed by atoms with Crippen molar-refractivity contribution in [1.82, 2.24) is 0 Å². The van der Waals surface area contributed by atoms with Gasteiger partial charge < -0.3 is 33.9 Å². The number of phenols is 3. The first-order valence-corrected chi connectivity index (χ1v) is 7.42. The molecular formula is C18H16O8. The third-order valence-corrected chi connectivity index (χ3v) is 3.92. The fourth-order valence-electron chi connectivity index (χ4n) is 2.80. The fraction of sp³-hybridized carbons (Fsp3) is 0.167. The highest BCUT2D eigenvalue weighted by atomic mass is 16.5. The van der Waals surface area contributed by atoms with E-state index in [1.807, 2.05) is 0 Å². The van der Waals surface area contributed by atoms with Crippen LogP contribution in [0.1, 0.15) is 0 Å². The molecule has 2 aromatic carbocycles. The highest BCUT2D eigenvalue weighted by Crippen LogP contribution is 2.49. The van der Waals surface area contributed by atoms with E-state index in [0.717, 1.165) is 12.3 Å². The topological polar surface area (TPSA) is 119 Å². The van der Waals surface area contributed by atoms with Gasteiger partial charge in [0.05, 0.1) is 32.5 Å². The Morgan fingerprint density at radius 1 is 0.885 bits per heavy atom. The highest BCUT2D eigenvalue weighted by Gasteiger charge is 2.25. The molecule has 0 saturated carbocycles. The molecule has 0 aliphatic rings. The number of fused-ring (bicyclic) bond motifs is 1. The van der Waals surface area contributed by atoms with E-state index in [9.17, 15) is 20.1 Å². The second kappa shape index (κ2) is 6.40. The van der Waals surface area contributed by atoms with Gasteiger partial charge in [0.15, 0.2) is 11.5 Å². The van der Waals surface area contributed by atoms with E-state index in [1.165, 1.54) is 33.5 Å². The minimum Gasteiger partial charge on any atom is -0.508 e. The number of methoxy groups -OCH3 is 3. The molecule has 0 aliphatic heterocycles. The molecular weight excluding hydrogens is 344 g/mol. The van der Waals surface area contributed by atoms with Gasteiger partial charge in [-0.25, -0.2) is 0 Å². The zero-order valence-electron chi connectivity index (χ0n) is 14.2. The van der Waals surface area contributed by atoms with Crippen molar-refractivity contribution in [2.24, 2.45) is 0 Å². The number of aromatic hydroxyl groups is 3. The minimum atomic E-state index is -0.576. The van der Waals surface area contributed by atoms with E-state index in [4.69, 9.17) is 18.6 Å². The van der Waals surface area contributed by atoms with Crippen LogP contribution in [0.4, 0.5) is 0 Å². The Balaban J connectivity index is 2.44. The van der Waals surface area contributed by atoms with Crippen LogP contribution in [0.2, 0.25) is 0 Å². The number of benzene rings is 2. The maximum atomic E-state index is 13.0. The van der Waals surface area contributed by atoms with Crippen LogP contribution >= 0.6 is 0 Å². The largest absolute Gasteiger partial charge is 0.508 e. The predicted octanol–water partition coefficient (Wildman–Crippen LogP) is 2.60. The number of ether oxygens (including phenoxy) is 3. The van der Waals surface area contributed by atoms with Crippen molar-refractivity contribution in [3.8, 4) is 45.6 Å². The molecule has 0 atom stereocenters. The molecule has 3 rings (SSSR count). The average Bonchev–Trinajstić information content (AvgIpc) is 2.60. The van der Waals surface area contributed by atoms with Crippen molar-refractivity contribution in [2.75, 3.05) is 21.3 Å². The molecule has 0 amide bonds. The number of hydrogen-bond acceptors (Lipinski definition) is 8. The van der Waals surface area contributed by atoms with Gasteiger partial charge in [-0.2, -0.15) is 0 Å². The zero-order chi connectivity index (χ0) is 19.0. The lowest BCUT2D eigenvalue weighted by molar-refractivity contribution is 0.328. The van der Waals surface area contributed by atoms with Gasteiger partial charge in [0.25, 0.3) is 0 Å². The Kier molecular flexibility index (Phi) is 4.25. The maximum Gasteiger partial charge on any atom is 0.204 e. The van der Waals surface area contributed by atoms with Crippen LogP contribution in [0.3, 0.4) is 0 Å². The van der Waals surface area contributed by atoms with Gasteiger partial charge in [-0.15, -0.1) is 0 Å². The summed E-state index contributed by atoms with van der Waals surface area (Å²) in [4.78, 5) is 13.0. The fourth-order valence-corrected chi connectivity index (χ4v) is 2.80. The van der Waals surface area contributed by atoms with Crippen molar-refractivity contribution in [3.05, 3.63) is 34.7 Å². The lowest BCUT2D eigenvalue weighted by Crippen LogP contribution is -2.08. The number of hydrogen-bond donors (Lipinski definition) is 3. The average molecular weight is 360 g/mol. The first-order valence-electron chi connectivity index (χ1n) is 7.42. The molecule has 1 heterocycles. The van der Waals surface area contributed by atoms with Gasteiger partial charge >= 0.3 is 0 Å². The lowest BCUT2D eigenvalue weighted by atomic mass is 10.0. The van der Waals surface area contributed by atoms with Gasteiger partial charge in [0.2, 0.25) is 11.2 Å². The summed E-state index contributed by atoms with van der Waals surface area (Å²) in [6.45, 7) is 0. The van der Waals surface area contributed by atoms with Crippen molar-refractivity contribution in [2.45, 2.75) is 0 Å². The quantitative estimate of drug-likeness (QED) is 0.650. The third kappa shape index (κ3) is 2.52. The van der Waals surface area contributed by atoms with Gasteiger partial charge in [-0.3, -0.25) is 4.79 Å². The first kappa shape index (κ1) is 17.3. The molecule has 26 heavy (non-hydrogen) atoms. The maximum absolute atomic E-state index is 13.0. The van der Waals surface area contributed by atoms with E-state index in [2.05, 4.69) is 0 Å². The van der Waals surface area contributed by atoms with E-state index in [-0.39, 0.29) is 50.8 Å². The van der Waals surface area contributed by atoms with Gasteiger partial charge in [-0.05, 0) is 0 Å². The minimum absolute atomic E-state index is 0.0118. The Morgan fingerprint density at radius 2 is 1.58 bits per heavy atom. The molecule has 0 radical (unpaired) electrons. The van der Waals surface area contributed by atoms with Gasteiger partial charge in [0, 0.05) is 18.2 Å². The van der Waals surface area contributed by atoms with Crippen molar-refractivity contribution >= 4 is 11.0 Å². The van der Waals surface area contributed by atoms with Crippen LogP contribution in [-0.4, -0.2) is 36.6 Å². The monoisotopic (exact) mass is 360 g/mol. The third-order valence-electron chi connectivity index (χ3n) is 3.92. The van der Waals surface area contributed by atoms with Crippen LogP contribution in [0.25, 0.3) is 22.1 Å². The van der Waals surface area contributed by atoms with E-state index < -0.39 is 11.2 Å². The summed E-state index contributed by atoms with van der Waals surface area (Å²) in [5.74, 6) is -0.688. The van der Waals surface area contributed by atoms with Crippen LogP contribution in [0.15, 0.2) is 33.7 Å². The molecule has 0 saturated heterocycles. The molecule has 8 heteroatoms. The van der Waals surface area contributed by atoms with Gasteiger partial charge in [0.1, 0.15) is 34.5 Å². The smallest absolute Gasteiger partial charge is 0.204 e. The SMILES string of the molecule is COc1cc(O)c(OC)c(OC)c1-c1coc2cc(O)cc(O)c2c1=O. The zero-order valence-corrected chi connectivity index (χ0v) is 14.2. The molecule has 0 fully saturated rings. The van der Waals surface area contributed by atoms with Crippen molar-refractivity contribution in [1.29, 1.82) is 0 Å².